The Morgan fingerprint density at radius 3 is 2.10 bits per heavy atom. The van der Waals surface area contributed by atoms with E-state index in [1.165, 1.54) is 15.6 Å². The quantitative estimate of drug-likeness (QED) is 0.564. The fourth-order valence-electron chi connectivity index (χ4n) is 1.87. The molecule has 0 fully saturated rings. The van der Waals surface area contributed by atoms with Gasteiger partial charge in [0, 0.05) is 11.1 Å². The van der Waals surface area contributed by atoms with E-state index in [2.05, 4.69) is 88.8 Å². The molecule has 0 saturated heterocycles. The molecular weight excluding hydrogens is 340 g/mol. The van der Waals surface area contributed by atoms with Gasteiger partial charge >= 0.3 is 0 Å². The average molecular weight is 371 g/mol. The van der Waals surface area contributed by atoms with Gasteiger partial charge in [-0.2, -0.15) is 0 Å². The second-order valence-corrected chi connectivity index (χ2v) is 14.1. The maximum atomic E-state index is 6.30. The standard InChI is InChI=1S/C18H31BrOSi/c1-17(2,3)15-9-10-16(19)14(13-15)11-12-20-21(7,8)18(4,5)6/h9-10,13H,11-12H2,1-8H3. The third-order valence-electron chi connectivity index (χ3n) is 4.55. The number of rotatable bonds is 4. The first kappa shape index (κ1) is 18.9. The molecule has 0 radical (unpaired) electrons. The molecule has 120 valence electrons. The van der Waals surface area contributed by atoms with Crippen molar-refractivity contribution in [3.8, 4) is 0 Å². The number of hydrogen-bond donors (Lipinski definition) is 0. The minimum atomic E-state index is -1.64. The van der Waals surface area contributed by atoms with Crippen LogP contribution in [0.15, 0.2) is 22.7 Å². The lowest BCUT2D eigenvalue weighted by molar-refractivity contribution is 0.291. The Labute approximate surface area is 140 Å². The van der Waals surface area contributed by atoms with E-state index in [0.717, 1.165) is 13.0 Å². The molecule has 0 N–H and O–H groups in total. The zero-order chi connectivity index (χ0) is 16.5. The van der Waals surface area contributed by atoms with Crippen LogP contribution >= 0.6 is 15.9 Å². The van der Waals surface area contributed by atoms with Crippen LogP contribution < -0.4 is 0 Å². The number of hydrogen-bond acceptors (Lipinski definition) is 1. The van der Waals surface area contributed by atoms with Crippen LogP contribution in [-0.4, -0.2) is 14.9 Å². The highest BCUT2D eigenvalue weighted by atomic mass is 79.9. The minimum Gasteiger partial charge on any atom is -0.416 e. The summed E-state index contributed by atoms with van der Waals surface area (Å²) in [6.07, 6.45) is 0.969. The topological polar surface area (TPSA) is 9.23 Å². The van der Waals surface area contributed by atoms with E-state index in [1.807, 2.05) is 0 Å². The highest BCUT2D eigenvalue weighted by Crippen LogP contribution is 2.36. The molecule has 1 rings (SSSR count). The van der Waals surface area contributed by atoms with Gasteiger partial charge < -0.3 is 4.43 Å². The van der Waals surface area contributed by atoms with Crippen molar-refractivity contribution in [1.29, 1.82) is 0 Å². The van der Waals surface area contributed by atoms with Gasteiger partial charge in [0.15, 0.2) is 8.32 Å². The van der Waals surface area contributed by atoms with Crippen molar-refractivity contribution in [3.63, 3.8) is 0 Å². The summed E-state index contributed by atoms with van der Waals surface area (Å²) < 4.78 is 7.49. The third-order valence-corrected chi connectivity index (χ3v) is 9.86. The second-order valence-electron chi connectivity index (χ2n) is 8.41. The molecule has 0 heterocycles. The summed E-state index contributed by atoms with van der Waals surface area (Å²) in [6.45, 7) is 19.1. The molecule has 1 nitrogen and oxygen atoms in total. The molecule has 1 aromatic carbocycles. The van der Waals surface area contributed by atoms with Crippen LogP contribution in [0, 0.1) is 0 Å². The lowest BCUT2D eigenvalue weighted by Gasteiger charge is -2.36. The largest absolute Gasteiger partial charge is 0.416 e. The number of halogens is 1. The van der Waals surface area contributed by atoms with Gasteiger partial charge in [0.25, 0.3) is 0 Å². The van der Waals surface area contributed by atoms with Crippen molar-refractivity contribution in [2.75, 3.05) is 6.61 Å². The van der Waals surface area contributed by atoms with Gasteiger partial charge in [-0.1, -0.05) is 69.6 Å². The van der Waals surface area contributed by atoms with Gasteiger partial charge in [0.1, 0.15) is 0 Å². The summed E-state index contributed by atoms with van der Waals surface area (Å²) in [4.78, 5) is 0. The summed E-state index contributed by atoms with van der Waals surface area (Å²) in [7, 11) is -1.64. The van der Waals surface area contributed by atoms with Crippen molar-refractivity contribution in [3.05, 3.63) is 33.8 Å². The van der Waals surface area contributed by atoms with Crippen LogP contribution in [0.5, 0.6) is 0 Å². The van der Waals surface area contributed by atoms with Crippen molar-refractivity contribution >= 4 is 24.2 Å². The van der Waals surface area contributed by atoms with E-state index in [-0.39, 0.29) is 10.5 Å². The van der Waals surface area contributed by atoms with Crippen LogP contribution in [0.25, 0.3) is 0 Å². The fraction of sp³-hybridized carbons (Fsp3) is 0.667. The molecule has 0 saturated carbocycles. The van der Waals surface area contributed by atoms with Crippen molar-refractivity contribution in [2.24, 2.45) is 0 Å². The van der Waals surface area contributed by atoms with E-state index in [9.17, 15) is 0 Å². The molecule has 0 bridgehead atoms. The lowest BCUT2D eigenvalue weighted by Crippen LogP contribution is -2.41. The van der Waals surface area contributed by atoms with Crippen molar-refractivity contribution < 1.29 is 4.43 Å². The van der Waals surface area contributed by atoms with Crippen LogP contribution in [-0.2, 0) is 16.3 Å². The summed E-state index contributed by atoms with van der Waals surface area (Å²) in [5, 5.41) is 0.275. The molecule has 3 heteroatoms. The molecule has 0 unspecified atom stereocenters. The molecular formula is C18H31BrOSi. The summed E-state index contributed by atoms with van der Waals surface area (Å²) >= 11 is 3.67. The van der Waals surface area contributed by atoms with Gasteiger partial charge in [-0.25, -0.2) is 0 Å². The number of benzene rings is 1. The lowest BCUT2D eigenvalue weighted by atomic mass is 9.86. The Bertz CT molecular complexity index is 481. The SMILES string of the molecule is CC(C)(C)c1ccc(Br)c(CCO[Si](C)(C)C(C)(C)C)c1. The van der Waals surface area contributed by atoms with Crippen LogP contribution in [0.3, 0.4) is 0 Å². The Kier molecular flexibility index (Phi) is 5.91. The first-order valence-electron chi connectivity index (χ1n) is 7.77. The highest BCUT2D eigenvalue weighted by Gasteiger charge is 2.36. The fourth-order valence-corrected chi connectivity index (χ4v) is 3.36. The molecule has 0 amide bonds. The van der Waals surface area contributed by atoms with Crippen LogP contribution in [0.2, 0.25) is 18.1 Å². The second kappa shape index (κ2) is 6.55. The van der Waals surface area contributed by atoms with Gasteiger partial charge in [-0.3, -0.25) is 0 Å². The summed E-state index contributed by atoms with van der Waals surface area (Å²) in [6, 6.07) is 6.70. The Morgan fingerprint density at radius 2 is 1.62 bits per heavy atom. The summed E-state index contributed by atoms with van der Waals surface area (Å²) in [5.41, 5.74) is 2.92. The van der Waals surface area contributed by atoms with E-state index < -0.39 is 8.32 Å². The maximum absolute atomic E-state index is 6.30. The Hall–Kier alpha value is -0.123. The molecule has 1 aromatic rings. The Balaban J connectivity index is 2.77. The van der Waals surface area contributed by atoms with Crippen molar-refractivity contribution in [2.45, 2.75) is 71.5 Å². The molecule has 0 spiro atoms. The summed E-state index contributed by atoms with van der Waals surface area (Å²) in [5.74, 6) is 0. The zero-order valence-electron chi connectivity index (χ0n) is 14.9. The molecule has 0 aliphatic rings. The van der Waals surface area contributed by atoms with Gasteiger partial charge in [0.2, 0.25) is 0 Å². The first-order valence-corrected chi connectivity index (χ1v) is 11.5. The van der Waals surface area contributed by atoms with E-state index >= 15 is 0 Å². The molecule has 0 aliphatic heterocycles. The Morgan fingerprint density at radius 1 is 1.05 bits per heavy atom. The average Bonchev–Trinajstić information content (AvgIpc) is 2.28. The zero-order valence-corrected chi connectivity index (χ0v) is 17.5. The molecule has 0 aliphatic carbocycles. The van der Waals surface area contributed by atoms with E-state index in [4.69, 9.17) is 4.43 Å². The third kappa shape index (κ3) is 5.22. The minimum absolute atomic E-state index is 0.190. The van der Waals surface area contributed by atoms with Crippen molar-refractivity contribution in [1.82, 2.24) is 0 Å². The van der Waals surface area contributed by atoms with Crippen LogP contribution in [0.4, 0.5) is 0 Å². The highest BCUT2D eigenvalue weighted by molar-refractivity contribution is 9.10. The van der Waals surface area contributed by atoms with Gasteiger partial charge in [-0.15, -0.1) is 0 Å². The molecule has 0 atom stereocenters. The van der Waals surface area contributed by atoms with Gasteiger partial charge in [-0.05, 0) is 47.2 Å². The maximum Gasteiger partial charge on any atom is 0.191 e. The van der Waals surface area contributed by atoms with E-state index in [1.54, 1.807) is 0 Å². The first-order chi connectivity index (χ1) is 9.34. The van der Waals surface area contributed by atoms with Gasteiger partial charge in [0.05, 0.1) is 0 Å². The normalized spacial score (nSPS) is 13.6. The monoisotopic (exact) mass is 370 g/mol. The molecule has 21 heavy (non-hydrogen) atoms. The van der Waals surface area contributed by atoms with E-state index in [0.29, 0.717) is 0 Å². The predicted octanol–water partition coefficient (Wildman–Crippen LogP) is 6.31. The van der Waals surface area contributed by atoms with Crippen LogP contribution in [0.1, 0.15) is 52.7 Å². The molecule has 0 aromatic heterocycles. The predicted molar refractivity (Wildman–Crippen MR) is 99.7 cm³/mol. The smallest absolute Gasteiger partial charge is 0.191 e.